The molecule has 2 nitrogen and oxygen atoms in total. The third-order valence-corrected chi connectivity index (χ3v) is 8.76. The van der Waals surface area contributed by atoms with E-state index in [4.69, 9.17) is 0 Å². The molecule has 0 spiro atoms. The van der Waals surface area contributed by atoms with Crippen molar-refractivity contribution in [1.82, 2.24) is 4.57 Å². The minimum absolute atomic E-state index is 1.14. The highest BCUT2D eigenvalue weighted by Crippen LogP contribution is 2.18. The zero-order valence-electron chi connectivity index (χ0n) is 27.0. The van der Waals surface area contributed by atoms with E-state index in [9.17, 15) is 0 Å². The average Bonchev–Trinajstić information content (AvgIpc) is 3.39. The van der Waals surface area contributed by atoms with Crippen LogP contribution in [0.4, 0.5) is 0 Å². The Morgan fingerprint density at radius 2 is 0.875 bits per heavy atom. The summed E-state index contributed by atoms with van der Waals surface area (Å²) in [5.74, 6) is 1.40. The first-order valence-electron chi connectivity index (χ1n) is 18.0. The summed E-state index contributed by atoms with van der Waals surface area (Å²) in [6, 6.07) is 11.1. The van der Waals surface area contributed by atoms with Gasteiger partial charge < -0.3 is 0 Å². The Balaban J connectivity index is 1.55. The summed E-state index contributed by atoms with van der Waals surface area (Å²) < 4.78 is 5.03. The van der Waals surface area contributed by atoms with Crippen molar-refractivity contribution >= 4 is 0 Å². The summed E-state index contributed by atoms with van der Waals surface area (Å²) >= 11 is 0. The maximum absolute atomic E-state index is 2.52. The third-order valence-electron chi connectivity index (χ3n) is 8.76. The standard InChI is InChI=1S/C38H67N2/c1-3-5-7-9-11-13-14-15-16-17-18-19-20-21-23-25-30-34-40-36-35-39(38(40)37-31-27-26-28-32-37)33-29-24-22-12-10-8-6-4-2/h26-28,31-32,35-36H,3-25,29-30,33-34H2,1-2H3/q+1. The van der Waals surface area contributed by atoms with Gasteiger partial charge in [-0.2, -0.15) is 0 Å². The van der Waals surface area contributed by atoms with E-state index in [0.717, 1.165) is 13.1 Å². The molecule has 0 saturated carbocycles. The molecule has 0 amide bonds. The molecule has 2 aromatic rings. The number of hydrogen-bond donors (Lipinski definition) is 0. The highest BCUT2D eigenvalue weighted by molar-refractivity contribution is 5.52. The molecule has 1 aromatic carbocycles. The summed E-state index contributed by atoms with van der Waals surface area (Å²) in [6.07, 6.45) is 40.1. The predicted octanol–water partition coefficient (Wildman–Crippen LogP) is 12.2. The highest BCUT2D eigenvalue weighted by atomic mass is 15.1. The number of aryl methyl sites for hydroxylation is 2. The molecule has 0 aliphatic heterocycles. The van der Waals surface area contributed by atoms with Gasteiger partial charge in [-0.15, -0.1) is 0 Å². The van der Waals surface area contributed by atoms with E-state index in [1.54, 1.807) is 0 Å². The van der Waals surface area contributed by atoms with Crippen LogP contribution in [0, 0.1) is 0 Å². The average molecular weight is 552 g/mol. The molecule has 0 bridgehead atoms. The van der Waals surface area contributed by atoms with Gasteiger partial charge in [0.05, 0.1) is 18.7 Å². The van der Waals surface area contributed by atoms with E-state index >= 15 is 0 Å². The minimum atomic E-state index is 1.14. The van der Waals surface area contributed by atoms with Gasteiger partial charge in [0.2, 0.25) is 0 Å². The maximum Gasteiger partial charge on any atom is 0.288 e. The quantitative estimate of drug-likeness (QED) is 0.0734. The van der Waals surface area contributed by atoms with E-state index in [1.807, 2.05) is 0 Å². The molecular weight excluding hydrogens is 484 g/mol. The number of nitrogens with zero attached hydrogens (tertiary/aromatic N) is 2. The van der Waals surface area contributed by atoms with Gasteiger partial charge in [0.15, 0.2) is 0 Å². The van der Waals surface area contributed by atoms with Gasteiger partial charge >= 0.3 is 0 Å². The van der Waals surface area contributed by atoms with Crippen LogP contribution in [0.25, 0.3) is 11.4 Å². The zero-order valence-corrected chi connectivity index (χ0v) is 27.0. The molecule has 0 atom stereocenters. The summed E-state index contributed by atoms with van der Waals surface area (Å²) in [7, 11) is 0. The smallest absolute Gasteiger partial charge is 0.230 e. The molecule has 2 heteroatoms. The first kappa shape index (κ1) is 34.6. The van der Waals surface area contributed by atoms with Gasteiger partial charge in [-0.25, -0.2) is 9.13 Å². The lowest BCUT2D eigenvalue weighted by Gasteiger charge is -2.07. The Hall–Kier alpha value is -1.57. The summed E-state index contributed by atoms with van der Waals surface area (Å²) in [5.41, 5.74) is 1.36. The molecule has 0 aliphatic carbocycles. The maximum atomic E-state index is 2.52. The number of hydrogen-bond acceptors (Lipinski definition) is 0. The predicted molar refractivity (Wildman–Crippen MR) is 177 cm³/mol. The molecule has 2 rings (SSSR count). The second-order valence-corrected chi connectivity index (χ2v) is 12.5. The van der Waals surface area contributed by atoms with Crippen molar-refractivity contribution in [3.63, 3.8) is 0 Å². The van der Waals surface area contributed by atoms with Crippen molar-refractivity contribution in [2.45, 2.75) is 187 Å². The van der Waals surface area contributed by atoms with Crippen LogP contribution in [0.15, 0.2) is 42.7 Å². The van der Waals surface area contributed by atoms with Gasteiger partial charge in [0.1, 0.15) is 12.4 Å². The molecule has 0 N–H and O–H groups in total. The fourth-order valence-corrected chi connectivity index (χ4v) is 6.17. The van der Waals surface area contributed by atoms with Crippen molar-refractivity contribution in [3.8, 4) is 11.4 Å². The topological polar surface area (TPSA) is 8.81 Å². The van der Waals surface area contributed by atoms with Gasteiger partial charge in [-0.3, -0.25) is 0 Å². The minimum Gasteiger partial charge on any atom is -0.230 e. The number of benzene rings is 1. The molecule has 0 unspecified atom stereocenters. The Kier molecular flexibility index (Phi) is 21.8. The van der Waals surface area contributed by atoms with Gasteiger partial charge in [-0.05, 0) is 37.8 Å². The monoisotopic (exact) mass is 552 g/mol. The van der Waals surface area contributed by atoms with Crippen LogP contribution < -0.4 is 4.57 Å². The Morgan fingerprint density at radius 3 is 1.32 bits per heavy atom. The SMILES string of the molecule is CCCCCCCCCCCCCCCCCCC[n+]1ccn(CCCCCCCCCC)c1-c1ccccc1. The molecule has 0 radical (unpaired) electrons. The number of rotatable bonds is 28. The molecule has 228 valence electrons. The van der Waals surface area contributed by atoms with E-state index in [0.29, 0.717) is 0 Å². The lowest BCUT2D eigenvalue weighted by atomic mass is 10.0. The van der Waals surface area contributed by atoms with Crippen LogP contribution in [-0.2, 0) is 13.1 Å². The summed E-state index contributed by atoms with van der Waals surface area (Å²) in [6.45, 7) is 6.90. The summed E-state index contributed by atoms with van der Waals surface area (Å²) in [5, 5.41) is 0. The van der Waals surface area contributed by atoms with Crippen LogP contribution in [0.1, 0.15) is 174 Å². The second-order valence-electron chi connectivity index (χ2n) is 12.5. The molecule has 0 fully saturated rings. The first-order valence-corrected chi connectivity index (χ1v) is 18.0. The summed E-state index contributed by atoms with van der Waals surface area (Å²) in [4.78, 5) is 0. The Labute approximate surface area is 250 Å². The van der Waals surface area contributed by atoms with Crippen LogP contribution in [0.3, 0.4) is 0 Å². The molecule has 40 heavy (non-hydrogen) atoms. The fraction of sp³-hybridized carbons (Fsp3) is 0.763. The van der Waals surface area contributed by atoms with Gasteiger partial charge in [-0.1, -0.05) is 167 Å². The first-order chi connectivity index (χ1) is 19.9. The molecule has 1 aromatic heterocycles. The number of unbranched alkanes of at least 4 members (excludes halogenated alkanes) is 23. The van der Waals surface area contributed by atoms with Crippen molar-refractivity contribution < 1.29 is 4.57 Å². The molecule has 1 heterocycles. The third kappa shape index (κ3) is 16.6. The van der Waals surface area contributed by atoms with Gasteiger partial charge in [0.25, 0.3) is 5.82 Å². The molecular formula is C38H67N2+. The Morgan fingerprint density at radius 1 is 0.475 bits per heavy atom. The largest absolute Gasteiger partial charge is 0.288 e. The van der Waals surface area contributed by atoms with Gasteiger partial charge in [0, 0.05) is 0 Å². The second kappa shape index (κ2) is 25.2. The van der Waals surface area contributed by atoms with Crippen LogP contribution in [0.2, 0.25) is 0 Å². The van der Waals surface area contributed by atoms with E-state index in [-0.39, 0.29) is 0 Å². The zero-order chi connectivity index (χ0) is 28.4. The van der Waals surface area contributed by atoms with Crippen LogP contribution in [-0.4, -0.2) is 4.57 Å². The van der Waals surface area contributed by atoms with Crippen LogP contribution >= 0.6 is 0 Å². The molecule has 0 saturated heterocycles. The number of imidazole rings is 1. The van der Waals surface area contributed by atoms with Crippen LogP contribution in [0.5, 0.6) is 0 Å². The number of aromatic nitrogens is 2. The fourth-order valence-electron chi connectivity index (χ4n) is 6.17. The van der Waals surface area contributed by atoms with Crippen molar-refractivity contribution in [2.75, 3.05) is 0 Å². The normalized spacial score (nSPS) is 11.4. The van der Waals surface area contributed by atoms with Crippen molar-refractivity contribution in [1.29, 1.82) is 0 Å². The van der Waals surface area contributed by atoms with Crippen molar-refractivity contribution in [2.24, 2.45) is 0 Å². The van der Waals surface area contributed by atoms with E-state index in [2.05, 4.69) is 65.7 Å². The lowest BCUT2D eigenvalue weighted by Crippen LogP contribution is -2.34. The van der Waals surface area contributed by atoms with E-state index in [1.165, 1.54) is 172 Å². The highest BCUT2D eigenvalue weighted by Gasteiger charge is 2.18. The lowest BCUT2D eigenvalue weighted by molar-refractivity contribution is -0.686. The molecule has 0 aliphatic rings. The van der Waals surface area contributed by atoms with E-state index < -0.39 is 0 Å². The Bertz CT molecular complexity index is 793. The van der Waals surface area contributed by atoms with Crippen molar-refractivity contribution in [3.05, 3.63) is 42.7 Å².